The molecule has 0 aliphatic carbocycles. The van der Waals surface area contributed by atoms with Gasteiger partial charge in [0, 0.05) is 19.7 Å². The first-order valence-corrected chi connectivity index (χ1v) is 6.30. The zero-order valence-corrected chi connectivity index (χ0v) is 11.7. The molecule has 1 rings (SSSR count). The number of rotatable bonds is 8. The molecule has 5 heteroatoms. The van der Waals surface area contributed by atoms with E-state index < -0.39 is 0 Å². The number of carbonyl (C=O) groups is 1. The lowest BCUT2D eigenvalue weighted by molar-refractivity contribution is -0.120. The van der Waals surface area contributed by atoms with Crippen LogP contribution in [-0.4, -0.2) is 39.8 Å². The largest absolute Gasteiger partial charge is 0.497 e. The van der Waals surface area contributed by atoms with Gasteiger partial charge in [-0.1, -0.05) is 12.1 Å². The Labute approximate surface area is 114 Å². The Balaban J connectivity index is 2.37. The minimum Gasteiger partial charge on any atom is -0.497 e. The lowest BCUT2D eigenvalue weighted by Crippen LogP contribution is -2.36. The van der Waals surface area contributed by atoms with Gasteiger partial charge in [0.25, 0.3) is 0 Å². The molecular formula is C14H22N2O3. The SMILES string of the molecule is COCCNC(=O)CNC(C)c1cccc(OC)c1. The molecule has 0 fully saturated rings. The fraction of sp³-hybridized carbons (Fsp3) is 0.500. The van der Waals surface area contributed by atoms with Gasteiger partial charge in [-0.2, -0.15) is 0 Å². The highest BCUT2D eigenvalue weighted by Crippen LogP contribution is 2.18. The van der Waals surface area contributed by atoms with Gasteiger partial charge in [-0.05, 0) is 24.6 Å². The molecule has 1 aromatic carbocycles. The number of methoxy groups -OCH3 is 2. The van der Waals surface area contributed by atoms with Gasteiger partial charge in [0.15, 0.2) is 0 Å². The van der Waals surface area contributed by atoms with Crippen molar-refractivity contribution in [2.75, 3.05) is 33.9 Å². The first-order chi connectivity index (χ1) is 9.17. The van der Waals surface area contributed by atoms with Gasteiger partial charge >= 0.3 is 0 Å². The molecule has 5 nitrogen and oxygen atoms in total. The van der Waals surface area contributed by atoms with Gasteiger partial charge in [0.05, 0.1) is 20.3 Å². The zero-order chi connectivity index (χ0) is 14.1. The van der Waals surface area contributed by atoms with E-state index in [0.29, 0.717) is 13.2 Å². The van der Waals surface area contributed by atoms with Crippen LogP contribution in [0, 0.1) is 0 Å². The number of hydrogen-bond acceptors (Lipinski definition) is 4. The van der Waals surface area contributed by atoms with Crippen LogP contribution in [0.2, 0.25) is 0 Å². The summed E-state index contributed by atoms with van der Waals surface area (Å²) in [6.45, 7) is 3.35. The van der Waals surface area contributed by atoms with Crippen molar-refractivity contribution < 1.29 is 14.3 Å². The summed E-state index contributed by atoms with van der Waals surface area (Å²) in [4.78, 5) is 11.5. The van der Waals surface area contributed by atoms with Crippen LogP contribution in [0.1, 0.15) is 18.5 Å². The third-order valence-electron chi connectivity index (χ3n) is 2.79. The zero-order valence-electron chi connectivity index (χ0n) is 11.7. The van der Waals surface area contributed by atoms with Gasteiger partial charge in [-0.15, -0.1) is 0 Å². The Morgan fingerprint density at radius 2 is 2.16 bits per heavy atom. The molecule has 0 saturated heterocycles. The number of amides is 1. The van der Waals surface area contributed by atoms with Crippen molar-refractivity contribution in [1.29, 1.82) is 0 Å². The van der Waals surface area contributed by atoms with Gasteiger partial charge < -0.3 is 20.1 Å². The van der Waals surface area contributed by atoms with Crippen LogP contribution in [0.15, 0.2) is 24.3 Å². The fourth-order valence-electron chi connectivity index (χ4n) is 1.63. The highest BCUT2D eigenvalue weighted by molar-refractivity contribution is 5.78. The second-order valence-corrected chi connectivity index (χ2v) is 4.22. The first-order valence-electron chi connectivity index (χ1n) is 6.30. The van der Waals surface area contributed by atoms with E-state index in [4.69, 9.17) is 9.47 Å². The predicted molar refractivity (Wildman–Crippen MR) is 74.3 cm³/mol. The molecule has 0 saturated carbocycles. The Kier molecular flexibility index (Phi) is 6.92. The molecule has 0 aromatic heterocycles. The standard InChI is InChI=1S/C14H22N2O3/c1-11(12-5-4-6-13(9-12)19-3)16-10-14(17)15-7-8-18-2/h4-6,9,11,16H,7-8,10H2,1-3H3,(H,15,17). The molecule has 0 heterocycles. The maximum Gasteiger partial charge on any atom is 0.234 e. The van der Waals surface area contributed by atoms with Crippen LogP contribution in [-0.2, 0) is 9.53 Å². The summed E-state index contributed by atoms with van der Waals surface area (Å²) < 4.78 is 10.0. The minimum absolute atomic E-state index is 0.0354. The monoisotopic (exact) mass is 266 g/mol. The van der Waals surface area contributed by atoms with E-state index >= 15 is 0 Å². The van der Waals surface area contributed by atoms with Crippen molar-refractivity contribution in [2.45, 2.75) is 13.0 Å². The Hall–Kier alpha value is -1.59. The van der Waals surface area contributed by atoms with Crippen LogP contribution in [0.4, 0.5) is 0 Å². The summed E-state index contributed by atoms with van der Waals surface area (Å²) in [7, 11) is 3.25. The van der Waals surface area contributed by atoms with Crippen LogP contribution >= 0.6 is 0 Å². The third kappa shape index (κ3) is 5.72. The van der Waals surface area contributed by atoms with E-state index in [-0.39, 0.29) is 18.5 Å². The first kappa shape index (κ1) is 15.5. The number of hydrogen-bond donors (Lipinski definition) is 2. The molecule has 0 radical (unpaired) electrons. The highest BCUT2D eigenvalue weighted by Gasteiger charge is 2.08. The number of benzene rings is 1. The molecule has 0 bridgehead atoms. The van der Waals surface area contributed by atoms with Crippen molar-refractivity contribution in [3.05, 3.63) is 29.8 Å². The second kappa shape index (κ2) is 8.50. The summed E-state index contributed by atoms with van der Waals surface area (Å²) in [5.74, 6) is 0.780. The average Bonchev–Trinajstić information content (AvgIpc) is 2.45. The van der Waals surface area contributed by atoms with E-state index in [1.807, 2.05) is 31.2 Å². The fourth-order valence-corrected chi connectivity index (χ4v) is 1.63. The lowest BCUT2D eigenvalue weighted by Gasteiger charge is -2.15. The van der Waals surface area contributed by atoms with Crippen molar-refractivity contribution in [2.24, 2.45) is 0 Å². The molecule has 106 valence electrons. The van der Waals surface area contributed by atoms with E-state index in [2.05, 4.69) is 10.6 Å². The number of ether oxygens (including phenoxy) is 2. The minimum atomic E-state index is -0.0354. The molecule has 2 N–H and O–H groups in total. The van der Waals surface area contributed by atoms with Crippen LogP contribution in [0.3, 0.4) is 0 Å². The van der Waals surface area contributed by atoms with Crippen LogP contribution < -0.4 is 15.4 Å². The van der Waals surface area contributed by atoms with Gasteiger partial charge in [-0.3, -0.25) is 4.79 Å². The maximum atomic E-state index is 11.5. The van der Waals surface area contributed by atoms with E-state index in [1.165, 1.54) is 0 Å². The Morgan fingerprint density at radius 3 is 2.84 bits per heavy atom. The number of nitrogens with one attached hydrogen (secondary N) is 2. The topological polar surface area (TPSA) is 59.6 Å². The van der Waals surface area contributed by atoms with Crippen LogP contribution in [0.5, 0.6) is 5.75 Å². The molecule has 1 aromatic rings. The third-order valence-corrected chi connectivity index (χ3v) is 2.79. The highest BCUT2D eigenvalue weighted by atomic mass is 16.5. The van der Waals surface area contributed by atoms with E-state index in [9.17, 15) is 4.79 Å². The maximum absolute atomic E-state index is 11.5. The van der Waals surface area contributed by atoms with E-state index in [0.717, 1.165) is 11.3 Å². The van der Waals surface area contributed by atoms with Gasteiger partial charge in [0.1, 0.15) is 5.75 Å². The smallest absolute Gasteiger partial charge is 0.234 e. The quantitative estimate of drug-likeness (QED) is 0.692. The van der Waals surface area contributed by atoms with Crippen LogP contribution in [0.25, 0.3) is 0 Å². The number of carbonyl (C=O) groups excluding carboxylic acids is 1. The molecular weight excluding hydrogens is 244 g/mol. The average molecular weight is 266 g/mol. The van der Waals surface area contributed by atoms with Gasteiger partial charge in [-0.25, -0.2) is 0 Å². The van der Waals surface area contributed by atoms with Crippen molar-refractivity contribution >= 4 is 5.91 Å². The Bertz CT molecular complexity index is 396. The summed E-state index contributed by atoms with van der Waals surface area (Å²) in [5, 5.41) is 5.93. The molecule has 19 heavy (non-hydrogen) atoms. The predicted octanol–water partition coefficient (Wildman–Crippen LogP) is 1.11. The van der Waals surface area contributed by atoms with Crippen molar-refractivity contribution in [1.82, 2.24) is 10.6 Å². The normalized spacial score (nSPS) is 11.9. The summed E-state index contributed by atoms with van der Waals surface area (Å²) in [6.07, 6.45) is 0. The summed E-state index contributed by atoms with van der Waals surface area (Å²) in [5.41, 5.74) is 1.09. The molecule has 0 spiro atoms. The molecule has 0 aliphatic rings. The summed E-state index contributed by atoms with van der Waals surface area (Å²) >= 11 is 0. The second-order valence-electron chi connectivity index (χ2n) is 4.22. The van der Waals surface area contributed by atoms with Crippen molar-refractivity contribution in [3.63, 3.8) is 0 Å². The molecule has 0 aliphatic heterocycles. The van der Waals surface area contributed by atoms with Crippen molar-refractivity contribution in [3.8, 4) is 5.75 Å². The Morgan fingerprint density at radius 1 is 1.37 bits per heavy atom. The van der Waals surface area contributed by atoms with E-state index in [1.54, 1.807) is 14.2 Å². The van der Waals surface area contributed by atoms with Gasteiger partial charge in [0.2, 0.25) is 5.91 Å². The summed E-state index contributed by atoms with van der Waals surface area (Å²) in [6, 6.07) is 7.88. The molecule has 1 unspecified atom stereocenters. The molecule has 1 atom stereocenters. The molecule has 1 amide bonds. The lowest BCUT2D eigenvalue weighted by atomic mass is 10.1.